The Hall–Kier alpha value is 0.0300. The fraction of sp³-hybridized carbons (Fsp3) is 0.923. The lowest BCUT2D eigenvalue weighted by atomic mass is 9.54. The van der Waals surface area contributed by atoms with E-state index in [4.69, 9.17) is 10.5 Å². The van der Waals surface area contributed by atoms with Crippen LogP contribution in [0.2, 0.25) is 0 Å². The van der Waals surface area contributed by atoms with Crippen LogP contribution in [-0.2, 0) is 9.53 Å². The van der Waals surface area contributed by atoms with Crippen molar-refractivity contribution in [2.24, 2.45) is 11.1 Å². The van der Waals surface area contributed by atoms with E-state index in [1.165, 1.54) is 0 Å². The first-order valence-electron chi connectivity index (χ1n) is 6.71. The molecule has 0 aromatic heterocycles. The Kier molecular flexibility index (Phi) is 5.58. The van der Waals surface area contributed by atoms with Crippen molar-refractivity contribution in [3.8, 4) is 0 Å². The van der Waals surface area contributed by atoms with E-state index in [9.17, 15) is 4.79 Å². The van der Waals surface area contributed by atoms with Gasteiger partial charge in [0, 0.05) is 43.0 Å². The molecule has 1 aliphatic heterocycles. The molecule has 2 rings (SSSR count). The molecule has 0 aromatic carbocycles. The standard InChI is InChI=1S/C13H24N2O2S.ClH/c1-4-17-10-9-13(14,12(10,2)3)11(16)15-5-7-18-8-6-15;/h10H,4-9,14H2,1-3H3;1H. The van der Waals surface area contributed by atoms with Crippen LogP contribution in [0.25, 0.3) is 0 Å². The molecule has 0 aromatic rings. The topological polar surface area (TPSA) is 55.6 Å². The molecule has 0 bridgehead atoms. The van der Waals surface area contributed by atoms with E-state index in [1.807, 2.05) is 37.4 Å². The van der Waals surface area contributed by atoms with Crippen LogP contribution in [0, 0.1) is 5.41 Å². The Morgan fingerprint density at radius 2 is 2.00 bits per heavy atom. The normalized spacial score (nSPS) is 33.3. The van der Waals surface area contributed by atoms with Crippen molar-refractivity contribution in [2.45, 2.75) is 38.8 Å². The van der Waals surface area contributed by atoms with Crippen LogP contribution in [0.3, 0.4) is 0 Å². The first-order valence-corrected chi connectivity index (χ1v) is 7.86. The highest BCUT2D eigenvalue weighted by atomic mass is 35.5. The number of nitrogens with zero attached hydrogens (tertiary/aromatic N) is 1. The van der Waals surface area contributed by atoms with Gasteiger partial charge in [0.15, 0.2) is 0 Å². The Balaban J connectivity index is 0.00000180. The summed E-state index contributed by atoms with van der Waals surface area (Å²) in [5, 5.41) is 0. The molecule has 0 spiro atoms. The van der Waals surface area contributed by atoms with Crippen molar-refractivity contribution < 1.29 is 9.53 Å². The largest absolute Gasteiger partial charge is 0.378 e. The summed E-state index contributed by atoms with van der Waals surface area (Å²) in [6.07, 6.45) is 0.756. The molecule has 2 fully saturated rings. The summed E-state index contributed by atoms with van der Waals surface area (Å²) in [7, 11) is 0. The summed E-state index contributed by atoms with van der Waals surface area (Å²) in [5.41, 5.74) is 5.38. The molecule has 1 aliphatic carbocycles. The second-order valence-corrected chi connectivity index (χ2v) is 6.97. The molecule has 1 amide bonds. The minimum absolute atomic E-state index is 0. The number of nitrogens with two attached hydrogens (primary N) is 1. The van der Waals surface area contributed by atoms with Crippen LogP contribution in [0.15, 0.2) is 0 Å². The van der Waals surface area contributed by atoms with Gasteiger partial charge in [0.25, 0.3) is 0 Å². The van der Waals surface area contributed by atoms with Gasteiger partial charge in [-0.1, -0.05) is 13.8 Å². The monoisotopic (exact) mass is 308 g/mol. The fourth-order valence-electron chi connectivity index (χ4n) is 2.85. The molecule has 1 saturated heterocycles. The lowest BCUT2D eigenvalue weighted by Gasteiger charge is -2.58. The van der Waals surface area contributed by atoms with Crippen molar-refractivity contribution >= 4 is 30.1 Å². The lowest BCUT2D eigenvalue weighted by molar-refractivity contribution is -0.179. The highest BCUT2D eigenvalue weighted by Gasteiger charge is 2.63. The number of halogens is 1. The van der Waals surface area contributed by atoms with Crippen LogP contribution < -0.4 is 5.73 Å². The first kappa shape index (κ1) is 17.1. The Bertz CT molecular complexity index is 335. The summed E-state index contributed by atoms with van der Waals surface area (Å²) in [6.45, 7) is 8.42. The molecule has 1 heterocycles. The molecule has 6 heteroatoms. The molecular formula is C13H25ClN2O2S. The van der Waals surface area contributed by atoms with Gasteiger partial charge in [-0.05, 0) is 6.92 Å². The van der Waals surface area contributed by atoms with Gasteiger partial charge in [0.2, 0.25) is 5.91 Å². The molecule has 2 aliphatic rings. The van der Waals surface area contributed by atoms with Gasteiger partial charge in [0.05, 0.1) is 6.10 Å². The molecule has 112 valence electrons. The van der Waals surface area contributed by atoms with E-state index >= 15 is 0 Å². The third-order valence-corrected chi connectivity index (χ3v) is 5.45. The zero-order chi connectivity index (χ0) is 13.4. The van der Waals surface area contributed by atoms with E-state index in [2.05, 4.69) is 0 Å². The number of hydrogen-bond acceptors (Lipinski definition) is 4. The average Bonchev–Trinajstić information content (AvgIpc) is 2.38. The summed E-state index contributed by atoms with van der Waals surface area (Å²) >= 11 is 1.90. The van der Waals surface area contributed by atoms with E-state index in [-0.39, 0.29) is 29.8 Å². The first-order chi connectivity index (χ1) is 8.43. The average molecular weight is 309 g/mol. The summed E-state index contributed by atoms with van der Waals surface area (Å²) in [4.78, 5) is 14.5. The van der Waals surface area contributed by atoms with E-state index in [0.29, 0.717) is 13.0 Å². The quantitative estimate of drug-likeness (QED) is 0.859. The van der Waals surface area contributed by atoms with Crippen LogP contribution in [-0.4, -0.2) is 53.7 Å². The zero-order valence-corrected chi connectivity index (χ0v) is 13.6. The number of carbonyl (C=O) groups excluding carboxylic acids is 1. The van der Waals surface area contributed by atoms with Crippen molar-refractivity contribution in [2.75, 3.05) is 31.2 Å². The van der Waals surface area contributed by atoms with E-state index in [1.54, 1.807) is 0 Å². The van der Waals surface area contributed by atoms with Gasteiger partial charge in [-0.25, -0.2) is 0 Å². The SMILES string of the molecule is CCOC1CC(N)(C(=O)N2CCSCC2)C1(C)C.Cl. The second kappa shape index (κ2) is 6.20. The van der Waals surface area contributed by atoms with Gasteiger partial charge in [-0.15, -0.1) is 12.4 Å². The van der Waals surface area contributed by atoms with Crippen LogP contribution in [0.1, 0.15) is 27.2 Å². The van der Waals surface area contributed by atoms with E-state index in [0.717, 1.165) is 24.6 Å². The van der Waals surface area contributed by atoms with Crippen molar-refractivity contribution in [1.29, 1.82) is 0 Å². The summed E-state index contributed by atoms with van der Waals surface area (Å²) < 4.78 is 5.67. The molecule has 0 radical (unpaired) electrons. The minimum Gasteiger partial charge on any atom is -0.378 e. The van der Waals surface area contributed by atoms with Gasteiger partial charge in [-0.2, -0.15) is 11.8 Å². The van der Waals surface area contributed by atoms with Crippen molar-refractivity contribution in [3.05, 3.63) is 0 Å². The van der Waals surface area contributed by atoms with Crippen LogP contribution in [0.5, 0.6) is 0 Å². The zero-order valence-electron chi connectivity index (χ0n) is 12.0. The third-order valence-electron chi connectivity index (χ3n) is 4.51. The van der Waals surface area contributed by atoms with Gasteiger partial charge in [-0.3, -0.25) is 4.79 Å². The van der Waals surface area contributed by atoms with Gasteiger partial charge < -0.3 is 15.4 Å². The predicted molar refractivity (Wildman–Crippen MR) is 81.9 cm³/mol. The van der Waals surface area contributed by atoms with Gasteiger partial charge in [0.1, 0.15) is 5.54 Å². The number of carbonyl (C=O) groups is 1. The Morgan fingerprint density at radius 3 is 2.47 bits per heavy atom. The van der Waals surface area contributed by atoms with Gasteiger partial charge >= 0.3 is 0 Å². The third kappa shape index (κ3) is 2.75. The fourth-order valence-corrected chi connectivity index (χ4v) is 3.75. The molecule has 2 atom stereocenters. The maximum Gasteiger partial charge on any atom is 0.243 e. The van der Waals surface area contributed by atoms with E-state index < -0.39 is 5.54 Å². The molecule has 4 nitrogen and oxygen atoms in total. The highest BCUT2D eigenvalue weighted by molar-refractivity contribution is 7.99. The Labute approximate surface area is 126 Å². The maximum absolute atomic E-state index is 12.6. The van der Waals surface area contributed by atoms with Crippen LogP contribution in [0.4, 0.5) is 0 Å². The maximum atomic E-state index is 12.6. The number of hydrogen-bond donors (Lipinski definition) is 1. The number of rotatable bonds is 3. The van der Waals surface area contributed by atoms with Crippen LogP contribution >= 0.6 is 24.2 Å². The highest BCUT2D eigenvalue weighted by Crippen LogP contribution is 2.50. The number of thioether (sulfide) groups is 1. The summed E-state index contributed by atoms with van der Waals surface area (Å²) in [6, 6.07) is 0. The number of ether oxygens (including phenoxy) is 1. The van der Waals surface area contributed by atoms with Crippen molar-refractivity contribution in [1.82, 2.24) is 4.90 Å². The molecule has 2 unspecified atom stereocenters. The molecular weight excluding hydrogens is 284 g/mol. The molecule has 2 N–H and O–H groups in total. The lowest BCUT2D eigenvalue weighted by Crippen LogP contribution is -2.76. The summed E-state index contributed by atoms with van der Waals surface area (Å²) in [5.74, 6) is 2.16. The predicted octanol–water partition coefficient (Wildman–Crippen LogP) is 1.52. The molecule has 1 saturated carbocycles. The smallest absolute Gasteiger partial charge is 0.243 e. The minimum atomic E-state index is -0.741. The molecule has 19 heavy (non-hydrogen) atoms. The second-order valence-electron chi connectivity index (χ2n) is 5.75. The number of amides is 1. The Morgan fingerprint density at radius 1 is 1.42 bits per heavy atom. The van der Waals surface area contributed by atoms with Crippen molar-refractivity contribution in [3.63, 3.8) is 0 Å².